The van der Waals surface area contributed by atoms with Crippen LogP contribution in [0.1, 0.15) is 31.8 Å². The molecular weight excluding hydrogens is 434 g/mol. The second-order valence-corrected chi connectivity index (χ2v) is 7.68. The maximum atomic E-state index is 12.9. The number of esters is 1. The molecule has 1 amide bonds. The van der Waals surface area contributed by atoms with E-state index in [-0.39, 0.29) is 12.2 Å². The number of rotatable bonds is 10. The van der Waals surface area contributed by atoms with Crippen molar-refractivity contribution >= 4 is 17.7 Å². The number of hydrogen-bond acceptors (Lipinski definition) is 6. The monoisotopic (exact) mass is 461 g/mol. The van der Waals surface area contributed by atoms with Crippen LogP contribution in [0.3, 0.4) is 0 Å². The van der Waals surface area contributed by atoms with Gasteiger partial charge in [0.25, 0.3) is 5.91 Å². The predicted octanol–water partition coefficient (Wildman–Crippen LogP) is 3.78. The number of carbonyl (C=O) groups is 3. The molecule has 3 rings (SSSR count). The van der Waals surface area contributed by atoms with Crippen molar-refractivity contribution in [2.75, 3.05) is 20.8 Å². The molecule has 1 N–H and O–H groups in total. The number of carbonyl (C=O) groups excluding carboxylic acids is 3. The van der Waals surface area contributed by atoms with Gasteiger partial charge in [-0.3, -0.25) is 9.59 Å². The Hall–Kier alpha value is -4.13. The largest absolute Gasteiger partial charge is 0.493 e. The summed E-state index contributed by atoms with van der Waals surface area (Å²) in [7, 11) is 2.97. The summed E-state index contributed by atoms with van der Waals surface area (Å²) in [4.78, 5) is 38.2. The number of ether oxygens (including phenoxy) is 3. The molecule has 0 heterocycles. The number of hydrogen-bond donors (Lipinski definition) is 1. The highest BCUT2D eigenvalue weighted by molar-refractivity contribution is 5.99. The molecule has 7 nitrogen and oxygen atoms in total. The molecule has 176 valence electrons. The molecule has 0 spiro atoms. The van der Waals surface area contributed by atoms with Gasteiger partial charge in [-0.2, -0.15) is 0 Å². The lowest BCUT2D eigenvalue weighted by atomic mass is 10.1. The van der Waals surface area contributed by atoms with Crippen molar-refractivity contribution in [1.29, 1.82) is 0 Å². The summed E-state index contributed by atoms with van der Waals surface area (Å²) in [6, 6.07) is 20.0. The molecule has 0 unspecified atom stereocenters. The van der Waals surface area contributed by atoms with E-state index >= 15 is 0 Å². The number of benzene rings is 3. The van der Waals surface area contributed by atoms with Crippen molar-refractivity contribution in [2.24, 2.45) is 0 Å². The SMILES string of the molecule is COc1ccc(C(=O)N[C@@H](Cc2ccccc2)C(=O)OCC(=O)c2ccc(C)cc2)cc1OC. The lowest BCUT2D eigenvalue weighted by molar-refractivity contribution is -0.144. The maximum Gasteiger partial charge on any atom is 0.329 e. The Kier molecular flexibility index (Phi) is 8.40. The molecule has 0 saturated carbocycles. The van der Waals surface area contributed by atoms with E-state index < -0.39 is 24.5 Å². The first-order valence-corrected chi connectivity index (χ1v) is 10.7. The maximum absolute atomic E-state index is 12.9. The van der Waals surface area contributed by atoms with Crippen molar-refractivity contribution in [2.45, 2.75) is 19.4 Å². The lowest BCUT2D eigenvalue weighted by Gasteiger charge is -2.18. The molecule has 0 saturated heterocycles. The molecule has 0 aromatic heterocycles. The Morgan fingerprint density at radius 1 is 0.824 bits per heavy atom. The van der Waals surface area contributed by atoms with Crippen molar-refractivity contribution in [1.82, 2.24) is 5.32 Å². The summed E-state index contributed by atoms with van der Waals surface area (Å²) >= 11 is 0. The van der Waals surface area contributed by atoms with E-state index in [0.29, 0.717) is 22.6 Å². The van der Waals surface area contributed by atoms with Gasteiger partial charge in [0.1, 0.15) is 6.04 Å². The zero-order valence-electron chi connectivity index (χ0n) is 19.4. The number of amides is 1. The average Bonchev–Trinajstić information content (AvgIpc) is 2.87. The van der Waals surface area contributed by atoms with Gasteiger partial charge in [-0.05, 0) is 30.7 Å². The Bertz CT molecular complexity index is 1140. The van der Waals surface area contributed by atoms with Crippen LogP contribution < -0.4 is 14.8 Å². The normalized spacial score (nSPS) is 11.3. The topological polar surface area (TPSA) is 90.9 Å². The molecule has 1 atom stereocenters. The van der Waals surface area contributed by atoms with E-state index in [1.165, 1.54) is 20.3 Å². The highest BCUT2D eigenvalue weighted by Crippen LogP contribution is 2.27. The van der Waals surface area contributed by atoms with Crippen molar-refractivity contribution in [3.63, 3.8) is 0 Å². The fraction of sp³-hybridized carbons (Fsp3) is 0.222. The zero-order chi connectivity index (χ0) is 24.5. The molecule has 0 fully saturated rings. The highest BCUT2D eigenvalue weighted by Gasteiger charge is 2.25. The lowest BCUT2D eigenvalue weighted by Crippen LogP contribution is -2.43. The predicted molar refractivity (Wildman–Crippen MR) is 127 cm³/mol. The van der Waals surface area contributed by atoms with Gasteiger partial charge in [-0.1, -0.05) is 60.2 Å². The van der Waals surface area contributed by atoms with Gasteiger partial charge >= 0.3 is 5.97 Å². The van der Waals surface area contributed by atoms with Gasteiger partial charge in [0.15, 0.2) is 23.9 Å². The Morgan fingerprint density at radius 3 is 2.12 bits per heavy atom. The third kappa shape index (κ3) is 6.45. The molecule has 0 aliphatic heterocycles. The molecule has 3 aromatic carbocycles. The Morgan fingerprint density at radius 2 is 1.47 bits per heavy atom. The van der Waals surface area contributed by atoms with Crippen LogP contribution >= 0.6 is 0 Å². The molecule has 3 aromatic rings. The highest BCUT2D eigenvalue weighted by atomic mass is 16.5. The fourth-order valence-corrected chi connectivity index (χ4v) is 3.32. The minimum Gasteiger partial charge on any atom is -0.493 e. The van der Waals surface area contributed by atoms with E-state index in [4.69, 9.17) is 14.2 Å². The molecule has 7 heteroatoms. The quantitative estimate of drug-likeness (QED) is 0.365. The zero-order valence-corrected chi connectivity index (χ0v) is 19.4. The summed E-state index contributed by atoms with van der Waals surface area (Å²) in [6.45, 7) is 1.50. The Balaban J connectivity index is 1.73. The molecular formula is C27H27NO6. The van der Waals surface area contributed by atoms with E-state index in [1.54, 1.807) is 24.3 Å². The average molecular weight is 462 g/mol. The summed E-state index contributed by atoms with van der Waals surface area (Å²) < 4.78 is 15.8. The number of methoxy groups -OCH3 is 2. The van der Waals surface area contributed by atoms with E-state index in [9.17, 15) is 14.4 Å². The van der Waals surface area contributed by atoms with Gasteiger partial charge in [-0.25, -0.2) is 4.79 Å². The number of aryl methyl sites for hydroxylation is 1. The van der Waals surface area contributed by atoms with Crippen LogP contribution in [0.5, 0.6) is 11.5 Å². The fourth-order valence-electron chi connectivity index (χ4n) is 3.32. The first kappa shape index (κ1) is 24.5. The van der Waals surface area contributed by atoms with Crippen LogP contribution in [0.2, 0.25) is 0 Å². The van der Waals surface area contributed by atoms with E-state index in [1.807, 2.05) is 49.4 Å². The van der Waals surface area contributed by atoms with Gasteiger partial charge in [0, 0.05) is 17.5 Å². The smallest absolute Gasteiger partial charge is 0.329 e. The van der Waals surface area contributed by atoms with Crippen LogP contribution in [0.25, 0.3) is 0 Å². The van der Waals surface area contributed by atoms with Crippen molar-refractivity contribution in [3.05, 3.63) is 95.1 Å². The van der Waals surface area contributed by atoms with E-state index in [0.717, 1.165) is 11.1 Å². The van der Waals surface area contributed by atoms with Crippen molar-refractivity contribution < 1.29 is 28.6 Å². The number of Topliss-reactive ketones (excluding diaryl/α,β-unsaturated/α-hetero) is 1. The molecule has 34 heavy (non-hydrogen) atoms. The summed E-state index contributed by atoms with van der Waals surface area (Å²) in [6.07, 6.45) is 0.206. The second kappa shape index (κ2) is 11.7. The molecule has 0 bridgehead atoms. The van der Waals surface area contributed by atoms with Crippen LogP contribution in [-0.4, -0.2) is 44.5 Å². The number of ketones is 1. The first-order chi connectivity index (χ1) is 16.4. The molecule has 0 aliphatic carbocycles. The van der Waals surface area contributed by atoms with Crippen molar-refractivity contribution in [3.8, 4) is 11.5 Å². The van der Waals surface area contributed by atoms with Crippen LogP contribution in [0, 0.1) is 6.92 Å². The minimum absolute atomic E-state index is 0.206. The summed E-state index contributed by atoms with van der Waals surface area (Å²) in [5.74, 6) is -0.630. The van der Waals surface area contributed by atoms with E-state index in [2.05, 4.69) is 5.32 Å². The Labute approximate surface area is 198 Å². The second-order valence-electron chi connectivity index (χ2n) is 7.68. The summed E-state index contributed by atoms with van der Waals surface area (Å²) in [5, 5.41) is 2.72. The molecule has 0 radical (unpaired) electrons. The van der Waals surface area contributed by atoms with Gasteiger partial charge in [0.05, 0.1) is 14.2 Å². The standard InChI is InChI=1S/C27H27NO6/c1-18-9-11-20(12-10-18)23(29)17-34-27(31)22(15-19-7-5-4-6-8-19)28-26(30)21-13-14-24(32-2)25(16-21)33-3/h4-14,16,22H,15,17H2,1-3H3,(H,28,30)/t22-/m0/s1. The van der Waals surface area contributed by atoms with Gasteiger partial charge in [-0.15, -0.1) is 0 Å². The van der Waals surface area contributed by atoms with Crippen LogP contribution in [0.15, 0.2) is 72.8 Å². The number of nitrogens with one attached hydrogen (secondary N) is 1. The summed E-state index contributed by atoms with van der Waals surface area (Å²) in [5.41, 5.74) is 2.60. The third-order valence-electron chi connectivity index (χ3n) is 5.24. The third-order valence-corrected chi connectivity index (χ3v) is 5.24. The molecule has 0 aliphatic rings. The minimum atomic E-state index is -0.992. The van der Waals surface area contributed by atoms with Gasteiger partial charge in [0.2, 0.25) is 0 Å². The van der Waals surface area contributed by atoms with Gasteiger partial charge < -0.3 is 19.5 Å². The van der Waals surface area contributed by atoms with Crippen LogP contribution in [-0.2, 0) is 16.0 Å². The first-order valence-electron chi connectivity index (χ1n) is 10.7. The van der Waals surface area contributed by atoms with Crippen LogP contribution in [0.4, 0.5) is 0 Å².